The van der Waals surface area contributed by atoms with Gasteiger partial charge >= 0.3 is 6.09 Å². The molecule has 0 spiro atoms. The minimum atomic E-state index is -0.630. The van der Waals surface area contributed by atoms with Gasteiger partial charge in [-0.15, -0.1) is 0 Å². The summed E-state index contributed by atoms with van der Waals surface area (Å²) in [6.45, 7) is 5.07. The lowest BCUT2D eigenvalue weighted by molar-refractivity contribution is -0.136. The van der Waals surface area contributed by atoms with Gasteiger partial charge in [-0.3, -0.25) is 19.7 Å². The Morgan fingerprint density at radius 2 is 1.94 bits per heavy atom. The highest BCUT2D eigenvalue weighted by molar-refractivity contribution is 6.05. The average molecular weight is 428 g/mol. The van der Waals surface area contributed by atoms with E-state index in [4.69, 9.17) is 4.74 Å². The van der Waals surface area contributed by atoms with E-state index in [0.29, 0.717) is 23.9 Å². The maximum absolute atomic E-state index is 12.9. The van der Waals surface area contributed by atoms with Crippen molar-refractivity contribution >= 4 is 23.8 Å². The molecule has 8 nitrogen and oxygen atoms in total. The Bertz CT molecular complexity index is 916. The second kappa shape index (κ2) is 8.32. The van der Waals surface area contributed by atoms with E-state index in [1.165, 1.54) is 4.90 Å². The lowest BCUT2D eigenvalue weighted by Gasteiger charge is -2.33. The molecular weight excluding hydrogens is 398 g/mol. The maximum Gasteiger partial charge on any atom is 0.407 e. The highest BCUT2D eigenvalue weighted by Gasteiger charge is 2.39. The summed E-state index contributed by atoms with van der Waals surface area (Å²) >= 11 is 0. The average Bonchev–Trinajstić information content (AvgIpc) is 3.04. The molecule has 0 radical (unpaired) electrons. The van der Waals surface area contributed by atoms with E-state index >= 15 is 0 Å². The number of alkyl carbamates (subject to hydrolysis) is 1. The molecule has 1 aliphatic carbocycles. The first-order chi connectivity index (χ1) is 14.7. The second-order valence-corrected chi connectivity index (χ2v) is 9.51. The number of carbonyl (C=O) groups is 4. The summed E-state index contributed by atoms with van der Waals surface area (Å²) in [6, 6.07) is 4.84. The molecule has 4 amide bonds. The molecule has 31 heavy (non-hydrogen) atoms. The second-order valence-electron chi connectivity index (χ2n) is 9.51. The standard InChI is InChI=1S/C23H29N3O5/c1-23(2)9-7-16(8-10-23)31-22(30)24-12-14-3-4-15-13-26(21(29)17(15)11-14)18-5-6-19(27)25-20(18)28/h3-4,11,16,18H,5-10,12-13H2,1-2H3,(H,24,30)(H,25,27,28). The zero-order chi connectivity index (χ0) is 22.2. The van der Waals surface area contributed by atoms with Crippen molar-refractivity contribution in [3.8, 4) is 0 Å². The molecular formula is C23H29N3O5. The molecule has 3 aliphatic rings. The number of nitrogens with one attached hydrogen (secondary N) is 2. The van der Waals surface area contributed by atoms with Crippen LogP contribution < -0.4 is 10.6 Å². The van der Waals surface area contributed by atoms with Crippen LogP contribution in [0.5, 0.6) is 0 Å². The van der Waals surface area contributed by atoms with Crippen molar-refractivity contribution in [3.63, 3.8) is 0 Å². The smallest absolute Gasteiger partial charge is 0.407 e. The molecule has 1 unspecified atom stereocenters. The van der Waals surface area contributed by atoms with Gasteiger partial charge in [0.15, 0.2) is 0 Å². The predicted molar refractivity (Wildman–Crippen MR) is 112 cm³/mol. The van der Waals surface area contributed by atoms with Gasteiger partial charge in [0.2, 0.25) is 11.8 Å². The van der Waals surface area contributed by atoms with Crippen LogP contribution in [-0.4, -0.2) is 40.9 Å². The quantitative estimate of drug-likeness (QED) is 0.719. The van der Waals surface area contributed by atoms with Gasteiger partial charge in [-0.1, -0.05) is 26.0 Å². The van der Waals surface area contributed by atoms with Crippen LogP contribution in [0.2, 0.25) is 0 Å². The van der Waals surface area contributed by atoms with E-state index in [2.05, 4.69) is 24.5 Å². The fourth-order valence-corrected chi connectivity index (χ4v) is 4.57. The number of piperidine rings is 1. The van der Waals surface area contributed by atoms with E-state index in [1.807, 2.05) is 12.1 Å². The zero-order valence-electron chi connectivity index (χ0n) is 18.0. The Morgan fingerprint density at radius 3 is 2.65 bits per heavy atom. The summed E-state index contributed by atoms with van der Waals surface area (Å²) in [5.41, 5.74) is 2.48. The highest BCUT2D eigenvalue weighted by Crippen LogP contribution is 2.36. The molecule has 0 bridgehead atoms. The Kier molecular flexibility index (Phi) is 5.73. The van der Waals surface area contributed by atoms with E-state index in [0.717, 1.165) is 36.8 Å². The van der Waals surface area contributed by atoms with Crippen molar-refractivity contribution in [2.75, 3.05) is 0 Å². The lowest BCUT2D eigenvalue weighted by atomic mass is 9.76. The molecule has 166 valence electrons. The van der Waals surface area contributed by atoms with Crippen LogP contribution >= 0.6 is 0 Å². The first-order valence-electron chi connectivity index (χ1n) is 10.9. The Morgan fingerprint density at radius 1 is 1.19 bits per heavy atom. The Hall–Kier alpha value is -2.90. The van der Waals surface area contributed by atoms with Gasteiger partial charge in [-0.2, -0.15) is 0 Å². The third-order valence-electron chi connectivity index (χ3n) is 6.59. The summed E-state index contributed by atoms with van der Waals surface area (Å²) in [5.74, 6) is -0.950. The molecule has 0 aromatic heterocycles. The number of rotatable bonds is 4. The van der Waals surface area contributed by atoms with Crippen LogP contribution in [-0.2, 0) is 27.4 Å². The van der Waals surface area contributed by atoms with Gasteiger partial charge in [0.25, 0.3) is 5.91 Å². The van der Waals surface area contributed by atoms with Gasteiger partial charge < -0.3 is 15.0 Å². The van der Waals surface area contributed by atoms with Gasteiger partial charge in [0, 0.05) is 25.1 Å². The third kappa shape index (κ3) is 4.73. The van der Waals surface area contributed by atoms with Gasteiger partial charge in [0.1, 0.15) is 12.1 Å². The maximum atomic E-state index is 12.9. The van der Waals surface area contributed by atoms with Crippen LogP contribution in [0.15, 0.2) is 18.2 Å². The minimum Gasteiger partial charge on any atom is -0.446 e. The van der Waals surface area contributed by atoms with E-state index in [9.17, 15) is 19.2 Å². The molecule has 1 aromatic rings. The Balaban J connectivity index is 1.32. The SMILES string of the molecule is CC1(C)CCC(OC(=O)NCc2ccc3c(c2)C(=O)N(C2CCC(=O)NC2=O)C3)CC1. The van der Waals surface area contributed by atoms with Gasteiger partial charge in [-0.05, 0) is 54.7 Å². The van der Waals surface area contributed by atoms with Crippen LogP contribution in [0.3, 0.4) is 0 Å². The molecule has 8 heteroatoms. The topological polar surface area (TPSA) is 105 Å². The monoisotopic (exact) mass is 427 g/mol. The minimum absolute atomic E-state index is 0.0447. The summed E-state index contributed by atoms with van der Waals surface area (Å²) < 4.78 is 5.54. The van der Waals surface area contributed by atoms with Crippen LogP contribution in [0.4, 0.5) is 4.79 Å². The van der Waals surface area contributed by atoms with E-state index in [-0.39, 0.29) is 30.9 Å². The fourth-order valence-electron chi connectivity index (χ4n) is 4.57. The van der Waals surface area contributed by atoms with Crippen molar-refractivity contribution in [1.29, 1.82) is 0 Å². The van der Waals surface area contributed by atoms with Gasteiger partial charge in [0.05, 0.1) is 0 Å². The number of nitrogens with zero attached hydrogens (tertiary/aromatic N) is 1. The number of amides is 4. The van der Waals surface area contributed by atoms with Crippen molar-refractivity contribution < 1.29 is 23.9 Å². The molecule has 2 aliphatic heterocycles. The molecule has 2 N–H and O–H groups in total. The first kappa shape index (κ1) is 21.3. The molecule has 4 rings (SSSR count). The zero-order valence-corrected chi connectivity index (χ0v) is 18.0. The number of carbonyl (C=O) groups excluding carboxylic acids is 4. The Labute approximate surface area is 181 Å². The van der Waals surface area contributed by atoms with Crippen molar-refractivity contribution in [2.45, 2.75) is 77.6 Å². The largest absolute Gasteiger partial charge is 0.446 e. The van der Waals surface area contributed by atoms with Crippen LogP contribution in [0, 0.1) is 5.41 Å². The number of benzene rings is 1. The van der Waals surface area contributed by atoms with Crippen molar-refractivity contribution in [1.82, 2.24) is 15.5 Å². The molecule has 1 atom stereocenters. The number of imide groups is 1. The summed E-state index contributed by atoms with van der Waals surface area (Å²) in [4.78, 5) is 50.1. The number of hydrogen-bond acceptors (Lipinski definition) is 5. The van der Waals surface area contributed by atoms with Crippen LogP contribution in [0.25, 0.3) is 0 Å². The first-order valence-corrected chi connectivity index (χ1v) is 10.9. The molecule has 1 saturated carbocycles. The number of fused-ring (bicyclic) bond motifs is 1. The van der Waals surface area contributed by atoms with Gasteiger partial charge in [-0.25, -0.2) is 4.79 Å². The van der Waals surface area contributed by atoms with Crippen molar-refractivity contribution in [2.24, 2.45) is 5.41 Å². The number of ether oxygens (including phenoxy) is 1. The number of hydrogen-bond donors (Lipinski definition) is 2. The molecule has 2 heterocycles. The fraction of sp³-hybridized carbons (Fsp3) is 0.565. The van der Waals surface area contributed by atoms with E-state index in [1.54, 1.807) is 6.07 Å². The van der Waals surface area contributed by atoms with Crippen LogP contribution in [0.1, 0.15) is 73.9 Å². The lowest BCUT2D eigenvalue weighted by Crippen LogP contribution is -2.52. The predicted octanol–water partition coefficient (Wildman–Crippen LogP) is 2.64. The highest BCUT2D eigenvalue weighted by atomic mass is 16.6. The summed E-state index contributed by atoms with van der Waals surface area (Å²) in [6.07, 6.45) is 3.92. The van der Waals surface area contributed by atoms with Crippen molar-refractivity contribution in [3.05, 3.63) is 34.9 Å². The summed E-state index contributed by atoms with van der Waals surface area (Å²) in [5, 5.41) is 5.07. The molecule has 1 aromatic carbocycles. The molecule has 2 fully saturated rings. The third-order valence-corrected chi connectivity index (χ3v) is 6.59. The summed E-state index contributed by atoms with van der Waals surface area (Å²) in [7, 11) is 0. The molecule has 1 saturated heterocycles. The normalized spacial score (nSPS) is 23.4. The van der Waals surface area contributed by atoms with E-state index < -0.39 is 18.0 Å².